The summed E-state index contributed by atoms with van der Waals surface area (Å²) in [4.78, 5) is 25.1. The summed E-state index contributed by atoms with van der Waals surface area (Å²) in [6.45, 7) is 5.85. The maximum Gasteiger partial charge on any atom is 0.326 e. The highest BCUT2D eigenvalue weighted by Crippen LogP contribution is 2.19. The molecule has 1 heterocycles. The highest BCUT2D eigenvalue weighted by molar-refractivity contribution is 5.85. The fourth-order valence-corrected chi connectivity index (χ4v) is 2.36. The first-order chi connectivity index (χ1) is 8.57. The molecule has 0 aromatic heterocycles. The number of likely N-dealkylation sites (tertiary alicyclic amines) is 1. The average Bonchev–Trinajstić information content (AvgIpc) is 2.60. The lowest BCUT2D eigenvalue weighted by molar-refractivity contribution is -0.151. The van der Waals surface area contributed by atoms with Crippen LogP contribution in [0.1, 0.15) is 39.5 Å². The van der Waals surface area contributed by atoms with E-state index >= 15 is 0 Å². The van der Waals surface area contributed by atoms with Gasteiger partial charge in [0.05, 0.1) is 0 Å². The molecule has 5 nitrogen and oxygen atoms in total. The largest absolute Gasteiger partial charge is 0.480 e. The number of carbonyl (C=O) groups excluding carboxylic acids is 1. The molecule has 104 valence electrons. The number of amides is 1. The molecule has 0 radical (unpaired) electrons. The Kier molecular flexibility index (Phi) is 6.12. The molecule has 0 bridgehead atoms. The number of hydrogen-bond donors (Lipinski definition) is 2. The van der Waals surface area contributed by atoms with Crippen LogP contribution in [0, 0.1) is 5.92 Å². The van der Waals surface area contributed by atoms with Crippen LogP contribution in [0.25, 0.3) is 0 Å². The first-order valence-electron chi connectivity index (χ1n) is 6.82. The van der Waals surface area contributed by atoms with Crippen molar-refractivity contribution in [3.05, 3.63) is 0 Å². The minimum Gasteiger partial charge on any atom is -0.480 e. The Hall–Kier alpha value is -1.10. The third-order valence-corrected chi connectivity index (χ3v) is 3.44. The van der Waals surface area contributed by atoms with Crippen LogP contribution >= 0.6 is 0 Å². The van der Waals surface area contributed by atoms with Crippen LogP contribution in [0.3, 0.4) is 0 Å². The van der Waals surface area contributed by atoms with Crippen molar-refractivity contribution in [3.8, 4) is 0 Å². The van der Waals surface area contributed by atoms with Gasteiger partial charge in [-0.2, -0.15) is 0 Å². The number of aliphatic carboxylic acids is 1. The van der Waals surface area contributed by atoms with Crippen LogP contribution in [-0.2, 0) is 9.59 Å². The number of nitrogens with zero attached hydrogens (tertiary/aromatic N) is 1. The van der Waals surface area contributed by atoms with Crippen molar-refractivity contribution >= 4 is 11.9 Å². The normalized spacial score (nSPS) is 22.3. The van der Waals surface area contributed by atoms with Gasteiger partial charge in [-0.3, -0.25) is 4.79 Å². The average molecular weight is 256 g/mol. The molecule has 1 saturated heterocycles. The fourth-order valence-electron chi connectivity index (χ4n) is 2.36. The zero-order valence-electron chi connectivity index (χ0n) is 11.3. The Morgan fingerprint density at radius 2 is 2.11 bits per heavy atom. The number of rotatable bonds is 5. The Bertz CT molecular complexity index is 294. The van der Waals surface area contributed by atoms with Crippen molar-refractivity contribution in [1.82, 2.24) is 10.2 Å². The fraction of sp³-hybridized carbons (Fsp3) is 0.846. The minimum atomic E-state index is -0.874. The molecule has 2 N–H and O–H groups in total. The van der Waals surface area contributed by atoms with E-state index in [1.54, 1.807) is 4.90 Å². The quantitative estimate of drug-likeness (QED) is 0.772. The molecule has 5 heteroatoms. The van der Waals surface area contributed by atoms with Crippen LogP contribution in [0.4, 0.5) is 0 Å². The summed E-state index contributed by atoms with van der Waals surface area (Å²) >= 11 is 0. The van der Waals surface area contributed by atoms with Gasteiger partial charge in [-0.15, -0.1) is 0 Å². The van der Waals surface area contributed by atoms with E-state index in [1.165, 1.54) is 0 Å². The van der Waals surface area contributed by atoms with E-state index in [0.717, 1.165) is 25.8 Å². The van der Waals surface area contributed by atoms with Gasteiger partial charge in [-0.1, -0.05) is 26.7 Å². The highest BCUT2D eigenvalue weighted by atomic mass is 16.4. The Balaban J connectivity index is 2.68. The molecule has 1 fully saturated rings. The lowest BCUT2D eigenvalue weighted by atomic mass is 10.1. The monoisotopic (exact) mass is 256 g/mol. The van der Waals surface area contributed by atoms with Crippen molar-refractivity contribution < 1.29 is 14.7 Å². The number of carboxylic acids is 1. The molecule has 2 atom stereocenters. The molecule has 0 aliphatic carbocycles. The van der Waals surface area contributed by atoms with Gasteiger partial charge in [-0.05, 0) is 19.4 Å². The van der Waals surface area contributed by atoms with Crippen molar-refractivity contribution in [2.45, 2.75) is 45.6 Å². The first-order valence-corrected chi connectivity index (χ1v) is 6.82. The van der Waals surface area contributed by atoms with Gasteiger partial charge in [0.15, 0.2) is 0 Å². The summed E-state index contributed by atoms with van der Waals surface area (Å²) in [7, 11) is 0. The van der Waals surface area contributed by atoms with E-state index in [9.17, 15) is 14.7 Å². The molecular weight excluding hydrogens is 232 g/mol. The predicted molar refractivity (Wildman–Crippen MR) is 69.3 cm³/mol. The standard InChI is InChI=1S/C13H24N2O3/c1-3-14-9-10(2)12(16)15-8-6-4-5-7-11(15)13(17)18/h10-11,14H,3-9H2,1-2H3,(H,17,18). The lowest BCUT2D eigenvalue weighted by Gasteiger charge is -2.29. The lowest BCUT2D eigenvalue weighted by Crippen LogP contribution is -2.48. The number of carbonyl (C=O) groups is 2. The molecule has 0 saturated carbocycles. The van der Waals surface area contributed by atoms with E-state index < -0.39 is 12.0 Å². The highest BCUT2D eigenvalue weighted by Gasteiger charge is 2.32. The van der Waals surface area contributed by atoms with Gasteiger partial charge >= 0.3 is 5.97 Å². The van der Waals surface area contributed by atoms with Gasteiger partial charge in [0, 0.05) is 19.0 Å². The van der Waals surface area contributed by atoms with Crippen molar-refractivity contribution in [2.75, 3.05) is 19.6 Å². The van der Waals surface area contributed by atoms with Crippen LogP contribution in [0.15, 0.2) is 0 Å². The summed E-state index contributed by atoms with van der Waals surface area (Å²) in [5.41, 5.74) is 0. The van der Waals surface area contributed by atoms with Crippen molar-refractivity contribution in [2.24, 2.45) is 5.92 Å². The second-order valence-corrected chi connectivity index (χ2v) is 4.94. The van der Waals surface area contributed by atoms with Gasteiger partial charge in [0.1, 0.15) is 6.04 Å². The van der Waals surface area contributed by atoms with E-state index in [0.29, 0.717) is 19.5 Å². The van der Waals surface area contributed by atoms with Crippen LogP contribution < -0.4 is 5.32 Å². The Morgan fingerprint density at radius 3 is 2.72 bits per heavy atom. The van der Waals surface area contributed by atoms with Crippen LogP contribution in [0.5, 0.6) is 0 Å². The van der Waals surface area contributed by atoms with Gasteiger partial charge < -0.3 is 15.3 Å². The van der Waals surface area contributed by atoms with Gasteiger partial charge in [0.2, 0.25) is 5.91 Å². The molecule has 1 rings (SSSR count). The van der Waals surface area contributed by atoms with Gasteiger partial charge in [-0.25, -0.2) is 4.79 Å². The first kappa shape index (κ1) is 15.0. The molecule has 0 aromatic rings. The molecule has 18 heavy (non-hydrogen) atoms. The van der Waals surface area contributed by atoms with E-state index in [1.807, 2.05) is 13.8 Å². The zero-order valence-corrected chi connectivity index (χ0v) is 11.3. The smallest absolute Gasteiger partial charge is 0.326 e. The Morgan fingerprint density at radius 1 is 1.39 bits per heavy atom. The molecule has 1 aliphatic rings. The summed E-state index contributed by atoms with van der Waals surface area (Å²) in [6, 6.07) is -0.635. The number of hydrogen-bond acceptors (Lipinski definition) is 3. The maximum atomic E-state index is 12.3. The molecule has 1 aliphatic heterocycles. The van der Waals surface area contributed by atoms with Crippen molar-refractivity contribution in [1.29, 1.82) is 0 Å². The number of carboxylic acid groups (broad SMARTS) is 1. The summed E-state index contributed by atoms with van der Waals surface area (Å²) < 4.78 is 0. The topological polar surface area (TPSA) is 69.6 Å². The summed E-state index contributed by atoms with van der Waals surface area (Å²) in [5, 5.41) is 12.4. The molecule has 0 spiro atoms. The maximum absolute atomic E-state index is 12.3. The molecule has 0 aromatic carbocycles. The number of nitrogens with one attached hydrogen (secondary N) is 1. The third kappa shape index (κ3) is 3.98. The summed E-state index contributed by atoms with van der Waals surface area (Å²) in [5.74, 6) is -1.07. The van der Waals surface area contributed by atoms with E-state index in [2.05, 4.69) is 5.32 Å². The molecule has 2 unspecified atom stereocenters. The minimum absolute atomic E-state index is 0.0368. The van der Waals surface area contributed by atoms with Crippen LogP contribution in [0.2, 0.25) is 0 Å². The molecule has 1 amide bonds. The van der Waals surface area contributed by atoms with Gasteiger partial charge in [0.25, 0.3) is 0 Å². The second-order valence-electron chi connectivity index (χ2n) is 4.94. The van der Waals surface area contributed by atoms with Crippen LogP contribution in [-0.4, -0.2) is 47.6 Å². The SMILES string of the molecule is CCNCC(C)C(=O)N1CCCCCC1C(=O)O. The van der Waals surface area contributed by atoms with E-state index in [4.69, 9.17) is 0 Å². The zero-order chi connectivity index (χ0) is 13.5. The van der Waals surface area contributed by atoms with E-state index in [-0.39, 0.29) is 11.8 Å². The summed E-state index contributed by atoms with van der Waals surface area (Å²) in [6.07, 6.45) is 3.38. The predicted octanol–water partition coefficient (Wildman–Crippen LogP) is 1.09. The Labute approximate surface area is 109 Å². The van der Waals surface area contributed by atoms with Crippen molar-refractivity contribution in [3.63, 3.8) is 0 Å². The molecular formula is C13H24N2O3. The third-order valence-electron chi connectivity index (χ3n) is 3.44. The second kappa shape index (κ2) is 7.36.